The van der Waals surface area contributed by atoms with Crippen molar-refractivity contribution in [3.63, 3.8) is 0 Å². The van der Waals surface area contributed by atoms with Crippen molar-refractivity contribution in [2.45, 2.75) is 0 Å². The lowest BCUT2D eigenvalue weighted by Gasteiger charge is -2.19. The van der Waals surface area contributed by atoms with Crippen LogP contribution in [0.5, 0.6) is 0 Å². The highest BCUT2D eigenvalue weighted by atomic mass is 35.5. The van der Waals surface area contributed by atoms with Gasteiger partial charge >= 0.3 is 0 Å². The molecule has 0 amide bonds. The number of nitrogens with zero attached hydrogens (tertiary/aromatic N) is 2. The first kappa shape index (κ1) is 11.2. The summed E-state index contributed by atoms with van der Waals surface area (Å²) < 4.78 is 24.8. The minimum atomic E-state index is -3.26. The Bertz CT molecular complexity index is 203. The van der Waals surface area contributed by atoms with Crippen molar-refractivity contribution in [2.75, 3.05) is 33.6 Å². The molecule has 0 aliphatic rings. The van der Waals surface area contributed by atoms with E-state index in [1.807, 2.05) is 0 Å². The highest BCUT2D eigenvalue weighted by Crippen LogP contribution is 2.00. The van der Waals surface area contributed by atoms with Gasteiger partial charge < -0.3 is 0 Å². The number of alkyl halides is 1. The molecule has 0 aliphatic heterocycles. The van der Waals surface area contributed by atoms with Crippen LogP contribution in [0, 0.1) is 0 Å². The molecule has 0 aromatic carbocycles. The maximum Gasteiger partial charge on any atom is 0.281 e. The zero-order chi connectivity index (χ0) is 9.07. The molecule has 4 nitrogen and oxygen atoms in total. The van der Waals surface area contributed by atoms with Gasteiger partial charge in [-0.3, -0.25) is 0 Å². The van der Waals surface area contributed by atoms with Gasteiger partial charge in [0.15, 0.2) is 0 Å². The molecule has 0 spiro atoms. The molecule has 0 unspecified atom stereocenters. The average Bonchev–Trinajstić information content (AvgIpc) is 1.88. The second kappa shape index (κ2) is 4.25. The van der Waals surface area contributed by atoms with Crippen LogP contribution in [0.25, 0.3) is 0 Å². The monoisotopic (exact) mass is 200 g/mol. The summed E-state index contributed by atoms with van der Waals surface area (Å²) in [5.41, 5.74) is 0. The van der Waals surface area contributed by atoms with Gasteiger partial charge in [0.2, 0.25) is 0 Å². The van der Waals surface area contributed by atoms with Crippen molar-refractivity contribution < 1.29 is 8.42 Å². The summed E-state index contributed by atoms with van der Waals surface area (Å²) in [6.45, 7) is 0.335. The average molecular weight is 201 g/mol. The van der Waals surface area contributed by atoms with E-state index in [0.717, 1.165) is 4.31 Å². The number of hydrogen-bond donors (Lipinski definition) is 0. The second-order valence-electron chi connectivity index (χ2n) is 2.30. The lowest BCUT2D eigenvalue weighted by molar-refractivity contribution is 0.429. The lowest BCUT2D eigenvalue weighted by atomic mass is 10.8. The van der Waals surface area contributed by atoms with E-state index in [1.165, 1.54) is 25.4 Å². The van der Waals surface area contributed by atoms with Crippen LogP contribution in [-0.2, 0) is 10.2 Å². The molecule has 0 N–H and O–H groups in total. The van der Waals surface area contributed by atoms with Crippen LogP contribution >= 0.6 is 11.6 Å². The fourth-order valence-electron chi connectivity index (χ4n) is 0.513. The summed E-state index contributed by atoms with van der Waals surface area (Å²) >= 11 is 5.38. The van der Waals surface area contributed by atoms with Crippen molar-refractivity contribution >= 4 is 21.8 Å². The SMILES string of the molecule is CN(C)S(=O)(=O)N(C)CCCl. The Morgan fingerprint density at radius 1 is 1.27 bits per heavy atom. The molecule has 68 valence electrons. The summed E-state index contributed by atoms with van der Waals surface area (Å²) in [4.78, 5) is 0. The van der Waals surface area contributed by atoms with E-state index >= 15 is 0 Å². The number of halogens is 1. The Labute approximate surface area is 72.9 Å². The normalized spacial score (nSPS) is 12.9. The molecule has 11 heavy (non-hydrogen) atoms. The van der Waals surface area contributed by atoms with Gasteiger partial charge in [0, 0.05) is 33.6 Å². The summed E-state index contributed by atoms with van der Waals surface area (Å²) in [5, 5.41) is 0. The van der Waals surface area contributed by atoms with Gasteiger partial charge in [-0.1, -0.05) is 0 Å². The Morgan fingerprint density at radius 2 is 1.73 bits per heavy atom. The van der Waals surface area contributed by atoms with E-state index in [1.54, 1.807) is 0 Å². The molecular formula is C5H13ClN2O2S. The van der Waals surface area contributed by atoms with Crippen molar-refractivity contribution in [3.8, 4) is 0 Å². The molecule has 0 fully saturated rings. The van der Waals surface area contributed by atoms with Gasteiger partial charge in [0.1, 0.15) is 0 Å². The highest BCUT2D eigenvalue weighted by molar-refractivity contribution is 7.86. The summed E-state index contributed by atoms with van der Waals surface area (Å²) in [6, 6.07) is 0. The molecular weight excluding hydrogens is 188 g/mol. The Kier molecular flexibility index (Phi) is 4.31. The van der Waals surface area contributed by atoms with Crippen molar-refractivity contribution in [2.24, 2.45) is 0 Å². The molecule has 0 aromatic rings. The number of hydrogen-bond acceptors (Lipinski definition) is 2. The van der Waals surface area contributed by atoms with E-state index < -0.39 is 10.2 Å². The van der Waals surface area contributed by atoms with Crippen LogP contribution in [0.2, 0.25) is 0 Å². The topological polar surface area (TPSA) is 40.6 Å². The predicted octanol–water partition coefficient (Wildman–Crippen LogP) is -0.0366. The van der Waals surface area contributed by atoms with Crippen LogP contribution < -0.4 is 0 Å². The largest absolute Gasteiger partial charge is 0.281 e. The maximum absolute atomic E-state index is 11.2. The predicted molar refractivity (Wildman–Crippen MR) is 46.0 cm³/mol. The first-order valence-corrected chi connectivity index (χ1v) is 5.06. The van der Waals surface area contributed by atoms with E-state index in [-0.39, 0.29) is 0 Å². The van der Waals surface area contributed by atoms with Crippen LogP contribution in [0.1, 0.15) is 0 Å². The van der Waals surface area contributed by atoms with E-state index in [9.17, 15) is 8.42 Å². The van der Waals surface area contributed by atoms with Crippen LogP contribution in [0.3, 0.4) is 0 Å². The smallest absolute Gasteiger partial charge is 0.195 e. The first-order chi connectivity index (χ1) is 4.92. The summed E-state index contributed by atoms with van der Waals surface area (Å²) in [5.74, 6) is 0.309. The molecule has 6 heteroatoms. The molecule has 0 saturated carbocycles. The van der Waals surface area contributed by atoms with Gasteiger partial charge in [-0.05, 0) is 0 Å². The van der Waals surface area contributed by atoms with Crippen molar-refractivity contribution in [1.82, 2.24) is 8.61 Å². The van der Waals surface area contributed by atoms with Gasteiger partial charge in [0.25, 0.3) is 10.2 Å². The molecule has 0 aliphatic carbocycles. The molecule has 0 aromatic heterocycles. The molecule has 0 radical (unpaired) electrons. The molecule has 0 bridgehead atoms. The van der Waals surface area contributed by atoms with Gasteiger partial charge in [-0.2, -0.15) is 17.0 Å². The molecule has 0 atom stereocenters. The van der Waals surface area contributed by atoms with Gasteiger partial charge in [-0.25, -0.2) is 0 Å². The van der Waals surface area contributed by atoms with E-state index in [2.05, 4.69) is 0 Å². The van der Waals surface area contributed by atoms with Crippen LogP contribution in [0.15, 0.2) is 0 Å². The third-order valence-corrected chi connectivity index (χ3v) is 3.32. The zero-order valence-corrected chi connectivity index (χ0v) is 8.48. The zero-order valence-electron chi connectivity index (χ0n) is 6.91. The minimum Gasteiger partial charge on any atom is -0.195 e. The fraction of sp³-hybridized carbons (Fsp3) is 1.00. The molecule has 0 saturated heterocycles. The lowest BCUT2D eigenvalue weighted by Crippen LogP contribution is -2.38. The van der Waals surface area contributed by atoms with Gasteiger partial charge in [-0.15, -0.1) is 11.6 Å². The van der Waals surface area contributed by atoms with Crippen molar-refractivity contribution in [3.05, 3.63) is 0 Å². The summed E-state index contributed by atoms with van der Waals surface area (Å²) in [6.07, 6.45) is 0. The quantitative estimate of drug-likeness (QED) is 0.598. The Balaban J connectivity index is 4.32. The first-order valence-electron chi connectivity index (χ1n) is 3.12. The van der Waals surface area contributed by atoms with Crippen LogP contribution in [-0.4, -0.2) is 50.6 Å². The van der Waals surface area contributed by atoms with Crippen molar-refractivity contribution in [1.29, 1.82) is 0 Å². The molecule has 0 heterocycles. The third-order valence-electron chi connectivity index (χ3n) is 1.25. The Morgan fingerprint density at radius 3 is 2.00 bits per heavy atom. The molecule has 0 rings (SSSR count). The van der Waals surface area contributed by atoms with E-state index in [4.69, 9.17) is 11.6 Å². The van der Waals surface area contributed by atoms with Gasteiger partial charge in [0.05, 0.1) is 0 Å². The highest BCUT2D eigenvalue weighted by Gasteiger charge is 2.18. The summed E-state index contributed by atoms with van der Waals surface area (Å²) in [7, 11) is 1.21. The third kappa shape index (κ3) is 2.94. The fourth-order valence-corrected chi connectivity index (χ4v) is 1.75. The van der Waals surface area contributed by atoms with E-state index in [0.29, 0.717) is 12.4 Å². The number of rotatable bonds is 4. The maximum atomic E-state index is 11.2. The minimum absolute atomic E-state index is 0.309. The Hall–Kier alpha value is 0.160. The second-order valence-corrected chi connectivity index (χ2v) is 4.93. The van der Waals surface area contributed by atoms with Crippen LogP contribution in [0.4, 0.5) is 0 Å². The standard InChI is InChI=1S/C5H13ClN2O2S/c1-7(2)11(9,10)8(3)5-4-6/h4-5H2,1-3H3.